The van der Waals surface area contributed by atoms with Crippen LogP contribution >= 0.6 is 15.9 Å². The summed E-state index contributed by atoms with van der Waals surface area (Å²) < 4.78 is 34.1. The van der Waals surface area contributed by atoms with Crippen LogP contribution in [0.25, 0.3) is 0 Å². The first-order valence-corrected chi connectivity index (χ1v) is 9.59. The minimum Gasteiger partial charge on any atom is -0.376 e. The second-order valence-electron chi connectivity index (χ2n) is 5.79. The van der Waals surface area contributed by atoms with Crippen LogP contribution in [0.3, 0.4) is 0 Å². The van der Waals surface area contributed by atoms with Crippen LogP contribution < -0.4 is 4.72 Å². The van der Waals surface area contributed by atoms with E-state index in [0.29, 0.717) is 12.8 Å². The molecule has 122 valence electrons. The summed E-state index contributed by atoms with van der Waals surface area (Å²) in [6.45, 7) is 0.247. The van der Waals surface area contributed by atoms with Gasteiger partial charge >= 0.3 is 0 Å². The summed E-state index contributed by atoms with van der Waals surface area (Å²) in [7, 11) is -1.91. The lowest BCUT2D eigenvalue weighted by Gasteiger charge is -2.27. The molecular weight excluding hydrogens is 378 g/mol. The van der Waals surface area contributed by atoms with Crippen LogP contribution in [-0.4, -0.2) is 27.7 Å². The van der Waals surface area contributed by atoms with Gasteiger partial charge in [0.2, 0.25) is 10.0 Å². The van der Waals surface area contributed by atoms with E-state index in [1.165, 1.54) is 11.1 Å². The van der Waals surface area contributed by atoms with Gasteiger partial charge in [-0.15, -0.1) is 0 Å². The molecule has 0 heterocycles. The molecule has 1 aliphatic rings. The highest BCUT2D eigenvalue weighted by atomic mass is 79.9. The second-order valence-corrected chi connectivity index (χ2v) is 8.47. The Morgan fingerprint density at radius 1 is 1.09 bits per heavy atom. The summed E-state index contributed by atoms with van der Waals surface area (Å²) in [6, 6.07) is 14.7. The van der Waals surface area contributed by atoms with Gasteiger partial charge in [-0.05, 0) is 35.4 Å². The zero-order chi connectivity index (χ0) is 16.5. The summed E-state index contributed by atoms with van der Waals surface area (Å²) in [5.41, 5.74) is 1.92. The Labute approximate surface area is 145 Å². The van der Waals surface area contributed by atoms with Gasteiger partial charge in [-0.3, -0.25) is 0 Å². The van der Waals surface area contributed by atoms with E-state index in [0.717, 1.165) is 4.47 Å². The summed E-state index contributed by atoms with van der Waals surface area (Å²) >= 11 is 3.31. The fraction of sp³-hybridized carbons (Fsp3) is 0.294. The molecule has 2 aromatic rings. The Hall–Kier alpha value is -1.21. The van der Waals surface area contributed by atoms with Gasteiger partial charge in [0.25, 0.3) is 0 Å². The van der Waals surface area contributed by atoms with Gasteiger partial charge in [-0.1, -0.05) is 40.2 Å². The molecular formula is C17H18BrNO3S. The van der Waals surface area contributed by atoms with Crippen LogP contribution in [0, 0.1) is 0 Å². The third kappa shape index (κ3) is 3.50. The average Bonchev–Trinajstić information content (AvgIpc) is 2.93. The Morgan fingerprint density at radius 2 is 1.65 bits per heavy atom. The lowest BCUT2D eigenvalue weighted by Crippen LogP contribution is -2.45. The Bertz CT molecular complexity index is 778. The van der Waals surface area contributed by atoms with E-state index >= 15 is 0 Å². The van der Waals surface area contributed by atoms with E-state index in [9.17, 15) is 8.42 Å². The van der Waals surface area contributed by atoms with Gasteiger partial charge in [-0.2, -0.15) is 0 Å². The molecule has 0 amide bonds. The maximum atomic E-state index is 12.4. The number of rotatable bonds is 5. The number of fused-ring (bicyclic) bond motifs is 1. The summed E-state index contributed by atoms with van der Waals surface area (Å²) in [4.78, 5) is 0.252. The maximum absolute atomic E-state index is 12.4. The zero-order valence-electron chi connectivity index (χ0n) is 12.8. The van der Waals surface area contributed by atoms with Crippen molar-refractivity contribution in [3.63, 3.8) is 0 Å². The normalized spacial score (nSPS) is 16.3. The fourth-order valence-electron chi connectivity index (χ4n) is 2.92. The van der Waals surface area contributed by atoms with Gasteiger partial charge in [0.05, 0.1) is 10.5 Å². The third-order valence-electron chi connectivity index (χ3n) is 4.28. The van der Waals surface area contributed by atoms with E-state index < -0.39 is 15.6 Å². The number of hydrogen-bond acceptors (Lipinski definition) is 3. The molecule has 0 bridgehead atoms. The molecule has 2 aromatic carbocycles. The zero-order valence-corrected chi connectivity index (χ0v) is 15.2. The van der Waals surface area contributed by atoms with Crippen LogP contribution in [0.1, 0.15) is 11.1 Å². The first-order valence-electron chi connectivity index (χ1n) is 7.31. The predicted octanol–water partition coefficient (Wildman–Crippen LogP) is 2.91. The van der Waals surface area contributed by atoms with Crippen molar-refractivity contribution in [3.05, 3.63) is 64.1 Å². The maximum Gasteiger partial charge on any atom is 0.240 e. The SMILES string of the molecule is COC1(CNS(=O)(=O)c2ccc(Br)cc2)Cc2ccccc2C1. The number of ether oxygens (including phenoxy) is 1. The molecule has 23 heavy (non-hydrogen) atoms. The van der Waals surface area contributed by atoms with E-state index in [1.807, 2.05) is 12.1 Å². The van der Waals surface area contributed by atoms with Gasteiger partial charge < -0.3 is 4.74 Å². The summed E-state index contributed by atoms with van der Waals surface area (Å²) in [6.07, 6.45) is 1.42. The smallest absolute Gasteiger partial charge is 0.240 e. The first kappa shape index (κ1) is 16.6. The largest absolute Gasteiger partial charge is 0.376 e. The van der Waals surface area contributed by atoms with Gasteiger partial charge in [-0.25, -0.2) is 13.1 Å². The number of benzene rings is 2. The number of halogens is 1. The molecule has 0 atom stereocenters. The van der Waals surface area contributed by atoms with E-state index in [2.05, 4.69) is 32.8 Å². The van der Waals surface area contributed by atoms with Crippen molar-refractivity contribution < 1.29 is 13.2 Å². The lowest BCUT2D eigenvalue weighted by atomic mass is 10.0. The minimum atomic E-state index is -3.55. The fourth-order valence-corrected chi connectivity index (χ4v) is 4.30. The van der Waals surface area contributed by atoms with Crippen molar-refractivity contribution in [3.8, 4) is 0 Å². The molecule has 0 unspecified atom stereocenters. The van der Waals surface area contributed by atoms with Crippen molar-refractivity contribution in [2.45, 2.75) is 23.3 Å². The van der Waals surface area contributed by atoms with E-state index in [-0.39, 0.29) is 11.4 Å². The quantitative estimate of drug-likeness (QED) is 0.846. The van der Waals surface area contributed by atoms with Crippen molar-refractivity contribution >= 4 is 26.0 Å². The monoisotopic (exact) mass is 395 g/mol. The second kappa shape index (κ2) is 6.36. The minimum absolute atomic E-state index is 0.247. The molecule has 0 saturated heterocycles. The van der Waals surface area contributed by atoms with Gasteiger partial charge in [0.1, 0.15) is 0 Å². The van der Waals surface area contributed by atoms with Crippen LogP contribution in [0.4, 0.5) is 0 Å². The Kier molecular flexibility index (Phi) is 4.60. The summed E-state index contributed by atoms with van der Waals surface area (Å²) in [5, 5.41) is 0. The van der Waals surface area contributed by atoms with Gasteiger partial charge in [0, 0.05) is 31.0 Å². The highest BCUT2D eigenvalue weighted by Crippen LogP contribution is 2.32. The Morgan fingerprint density at radius 3 is 2.17 bits per heavy atom. The van der Waals surface area contributed by atoms with Crippen LogP contribution in [0.15, 0.2) is 57.9 Å². The molecule has 6 heteroatoms. The van der Waals surface area contributed by atoms with Gasteiger partial charge in [0.15, 0.2) is 0 Å². The van der Waals surface area contributed by atoms with Crippen molar-refractivity contribution in [1.29, 1.82) is 0 Å². The highest BCUT2D eigenvalue weighted by molar-refractivity contribution is 9.10. The van der Waals surface area contributed by atoms with Crippen molar-refractivity contribution in [1.82, 2.24) is 4.72 Å². The van der Waals surface area contributed by atoms with Crippen molar-refractivity contribution in [2.75, 3.05) is 13.7 Å². The number of nitrogens with one attached hydrogen (secondary N) is 1. The molecule has 0 aromatic heterocycles. The highest BCUT2D eigenvalue weighted by Gasteiger charge is 2.38. The van der Waals surface area contributed by atoms with Crippen molar-refractivity contribution in [2.24, 2.45) is 0 Å². The molecule has 1 aliphatic carbocycles. The number of sulfonamides is 1. The topological polar surface area (TPSA) is 55.4 Å². The molecule has 0 spiro atoms. The number of methoxy groups -OCH3 is 1. The van der Waals surface area contributed by atoms with Crippen LogP contribution in [0.2, 0.25) is 0 Å². The molecule has 0 radical (unpaired) electrons. The lowest BCUT2D eigenvalue weighted by molar-refractivity contribution is 0.00378. The number of hydrogen-bond donors (Lipinski definition) is 1. The predicted molar refractivity (Wildman–Crippen MR) is 92.9 cm³/mol. The van der Waals surface area contributed by atoms with Crippen LogP contribution in [-0.2, 0) is 27.6 Å². The molecule has 1 N–H and O–H groups in total. The molecule has 4 nitrogen and oxygen atoms in total. The Balaban J connectivity index is 1.75. The first-order chi connectivity index (χ1) is 10.9. The van der Waals surface area contributed by atoms with E-state index in [1.54, 1.807) is 31.4 Å². The molecule has 0 saturated carbocycles. The standard InChI is InChI=1S/C17H18BrNO3S/c1-22-17(10-13-4-2-3-5-14(13)11-17)12-19-23(20,21)16-8-6-15(18)7-9-16/h2-9,19H,10-12H2,1H3. The molecule has 3 rings (SSSR count). The molecule has 0 aliphatic heterocycles. The average molecular weight is 396 g/mol. The molecule has 0 fully saturated rings. The van der Waals surface area contributed by atoms with Crippen LogP contribution in [0.5, 0.6) is 0 Å². The van der Waals surface area contributed by atoms with E-state index in [4.69, 9.17) is 4.74 Å². The third-order valence-corrected chi connectivity index (χ3v) is 6.23. The summed E-state index contributed by atoms with van der Waals surface area (Å²) in [5.74, 6) is 0.